The molecule has 0 aliphatic heterocycles. The lowest BCUT2D eigenvalue weighted by Gasteiger charge is -2.28. The number of nitrogens with one attached hydrogen (secondary N) is 1. The maximum absolute atomic E-state index is 12.5. The minimum Gasteiger partial charge on any atom is -0.354 e. The first-order valence-electron chi connectivity index (χ1n) is 8.76. The molecule has 146 valence electrons. The average molecular weight is 409 g/mol. The summed E-state index contributed by atoms with van der Waals surface area (Å²) in [4.78, 5) is 12.5. The van der Waals surface area contributed by atoms with E-state index in [-0.39, 0.29) is 5.91 Å². The summed E-state index contributed by atoms with van der Waals surface area (Å²) in [7, 11) is -3.59. The Bertz CT molecular complexity index is 865. The third kappa shape index (κ3) is 6.26. The standard InChI is InChI=1S/C20H25ClN2O3S/c1-15-6-12-19(13-7-15)23(27(3,25)26)16(2)20(24)22-14-4-5-17-8-10-18(21)11-9-17/h6-13,16H,4-5,14H2,1-3H3,(H,22,24)/t16-/m1/s1. The van der Waals surface area contributed by atoms with Crippen molar-refractivity contribution in [2.75, 3.05) is 17.1 Å². The van der Waals surface area contributed by atoms with Crippen LogP contribution in [-0.2, 0) is 21.2 Å². The van der Waals surface area contributed by atoms with Gasteiger partial charge < -0.3 is 5.32 Å². The van der Waals surface area contributed by atoms with Gasteiger partial charge in [0.2, 0.25) is 15.9 Å². The van der Waals surface area contributed by atoms with Crippen molar-refractivity contribution in [3.63, 3.8) is 0 Å². The number of amides is 1. The molecular formula is C20H25ClN2O3S. The molecule has 0 spiro atoms. The maximum Gasteiger partial charge on any atom is 0.243 e. The van der Waals surface area contributed by atoms with E-state index in [4.69, 9.17) is 11.6 Å². The van der Waals surface area contributed by atoms with Crippen molar-refractivity contribution >= 4 is 33.2 Å². The highest BCUT2D eigenvalue weighted by atomic mass is 35.5. The molecular weight excluding hydrogens is 384 g/mol. The van der Waals surface area contributed by atoms with Crippen molar-refractivity contribution in [3.05, 3.63) is 64.7 Å². The summed E-state index contributed by atoms with van der Waals surface area (Å²) in [6, 6.07) is 13.8. The molecule has 2 aromatic rings. The number of rotatable bonds is 8. The zero-order valence-corrected chi connectivity index (χ0v) is 17.3. The van der Waals surface area contributed by atoms with Crippen LogP contribution in [-0.4, -0.2) is 33.2 Å². The zero-order valence-electron chi connectivity index (χ0n) is 15.8. The predicted octanol–water partition coefficient (Wildman–Crippen LogP) is 3.55. The topological polar surface area (TPSA) is 66.5 Å². The molecule has 1 N–H and O–H groups in total. The van der Waals surface area contributed by atoms with Crippen LogP contribution in [0.5, 0.6) is 0 Å². The highest BCUT2D eigenvalue weighted by molar-refractivity contribution is 7.92. The molecule has 1 amide bonds. The van der Waals surface area contributed by atoms with Gasteiger partial charge in [-0.1, -0.05) is 41.4 Å². The monoisotopic (exact) mass is 408 g/mol. The Kier molecular flexibility index (Phi) is 7.27. The molecule has 1 atom stereocenters. The quantitative estimate of drug-likeness (QED) is 0.679. The number of anilines is 1. The Morgan fingerprint density at radius 2 is 1.70 bits per heavy atom. The summed E-state index contributed by atoms with van der Waals surface area (Å²) in [6.45, 7) is 3.98. The van der Waals surface area contributed by atoms with Crippen molar-refractivity contribution in [2.24, 2.45) is 0 Å². The molecule has 0 bridgehead atoms. The van der Waals surface area contributed by atoms with Crippen LogP contribution in [0.2, 0.25) is 5.02 Å². The second kappa shape index (κ2) is 9.24. The zero-order chi connectivity index (χ0) is 20.0. The molecule has 0 heterocycles. The van der Waals surface area contributed by atoms with Gasteiger partial charge in [0.15, 0.2) is 0 Å². The number of hydrogen-bond acceptors (Lipinski definition) is 3. The second-order valence-electron chi connectivity index (χ2n) is 6.59. The van der Waals surface area contributed by atoms with E-state index in [0.717, 1.165) is 34.5 Å². The van der Waals surface area contributed by atoms with Gasteiger partial charge in [-0.25, -0.2) is 8.42 Å². The largest absolute Gasteiger partial charge is 0.354 e. The average Bonchev–Trinajstić information content (AvgIpc) is 2.60. The number of benzene rings is 2. The summed E-state index contributed by atoms with van der Waals surface area (Å²) < 4.78 is 25.6. The number of nitrogens with zero attached hydrogens (tertiary/aromatic N) is 1. The van der Waals surface area contributed by atoms with Gasteiger partial charge in [-0.15, -0.1) is 0 Å². The van der Waals surface area contributed by atoms with Gasteiger partial charge in [0.1, 0.15) is 6.04 Å². The Balaban J connectivity index is 1.96. The van der Waals surface area contributed by atoms with E-state index in [1.807, 2.05) is 43.3 Å². The van der Waals surface area contributed by atoms with Gasteiger partial charge in [0.05, 0.1) is 11.9 Å². The van der Waals surface area contributed by atoms with Crippen LogP contribution in [0, 0.1) is 6.92 Å². The molecule has 2 aromatic carbocycles. The SMILES string of the molecule is Cc1ccc(N([C@H](C)C(=O)NCCCc2ccc(Cl)cc2)S(C)(=O)=O)cc1. The van der Waals surface area contributed by atoms with E-state index in [1.165, 1.54) is 0 Å². The predicted molar refractivity (Wildman–Crippen MR) is 111 cm³/mol. The van der Waals surface area contributed by atoms with Crippen LogP contribution >= 0.6 is 11.6 Å². The molecule has 7 heteroatoms. The number of aryl methyl sites for hydroxylation is 2. The number of hydrogen-bond donors (Lipinski definition) is 1. The highest BCUT2D eigenvalue weighted by Crippen LogP contribution is 2.21. The van der Waals surface area contributed by atoms with Crippen LogP contribution < -0.4 is 9.62 Å². The van der Waals surface area contributed by atoms with Crippen molar-refractivity contribution < 1.29 is 13.2 Å². The molecule has 0 fully saturated rings. The summed E-state index contributed by atoms with van der Waals surface area (Å²) in [5.74, 6) is -0.322. The fourth-order valence-electron chi connectivity index (χ4n) is 2.80. The summed E-state index contributed by atoms with van der Waals surface area (Å²) in [5.41, 5.74) is 2.64. The smallest absolute Gasteiger partial charge is 0.243 e. The number of carbonyl (C=O) groups excluding carboxylic acids is 1. The molecule has 0 saturated carbocycles. The van der Waals surface area contributed by atoms with Gasteiger partial charge in [-0.2, -0.15) is 0 Å². The van der Waals surface area contributed by atoms with Crippen molar-refractivity contribution in [2.45, 2.75) is 32.7 Å². The number of carbonyl (C=O) groups is 1. The van der Waals surface area contributed by atoms with Crippen LogP contribution in [0.15, 0.2) is 48.5 Å². The Labute approximate surface area is 166 Å². The molecule has 0 aliphatic rings. The minimum atomic E-state index is -3.59. The lowest BCUT2D eigenvalue weighted by atomic mass is 10.1. The normalized spacial score (nSPS) is 12.4. The van der Waals surface area contributed by atoms with E-state index < -0.39 is 16.1 Å². The molecule has 5 nitrogen and oxygen atoms in total. The lowest BCUT2D eigenvalue weighted by Crippen LogP contribution is -2.48. The van der Waals surface area contributed by atoms with Crippen molar-refractivity contribution in [3.8, 4) is 0 Å². The van der Waals surface area contributed by atoms with Crippen LogP contribution in [0.3, 0.4) is 0 Å². The van der Waals surface area contributed by atoms with Gasteiger partial charge in [-0.05, 0) is 56.5 Å². The molecule has 0 saturated heterocycles. The van der Waals surface area contributed by atoms with E-state index >= 15 is 0 Å². The van der Waals surface area contributed by atoms with Gasteiger partial charge in [0.25, 0.3) is 0 Å². The molecule has 2 rings (SSSR count). The first kappa shape index (κ1) is 21.3. The Morgan fingerprint density at radius 3 is 2.26 bits per heavy atom. The Hall–Kier alpha value is -2.05. The van der Waals surface area contributed by atoms with Crippen molar-refractivity contribution in [1.29, 1.82) is 0 Å². The summed E-state index contributed by atoms with van der Waals surface area (Å²) in [5, 5.41) is 3.52. The summed E-state index contributed by atoms with van der Waals surface area (Å²) in [6.07, 6.45) is 2.67. The van der Waals surface area contributed by atoms with Gasteiger partial charge >= 0.3 is 0 Å². The molecule has 0 aromatic heterocycles. The minimum absolute atomic E-state index is 0.322. The van der Waals surface area contributed by atoms with E-state index in [1.54, 1.807) is 19.1 Å². The number of sulfonamides is 1. The maximum atomic E-state index is 12.5. The first-order valence-corrected chi connectivity index (χ1v) is 11.0. The highest BCUT2D eigenvalue weighted by Gasteiger charge is 2.28. The third-order valence-electron chi connectivity index (χ3n) is 4.23. The van der Waals surface area contributed by atoms with E-state index in [0.29, 0.717) is 17.3 Å². The van der Waals surface area contributed by atoms with Crippen molar-refractivity contribution in [1.82, 2.24) is 5.32 Å². The molecule has 0 unspecified atom stereocenters. The Morgan fingerprint density at radius 1 is 1.11 bits per heavy atom. The fraction of sp³-hybridized carbons (Fsp3) is 0.350. The van der Waals surface area contributed by atoms with E-state index in [9.17, 15) is 13.2 Å². The lowest BCUT2D eigenvalue weighted by molar-refractivity contribution is -0.121. The molecule has 0 radical (unpaired) electrons. The molecule has 27 heavy (non-hydrogen) atoms. The third-order valence-corrected chi connectivity index (χ3v) is 5.73. The van der Waals surface area contributed by atoms with E-state index in [2.05, 4.69) is 5.32 Å². The van der Waals surface area contributed by atoms with Crippen LogP contribution in [0.4, 0.5) is 5.69 Å². The number of halogens is 1. The van der Waals surface area contributed by atoms with Gasteiger partial charge in [-0.3, -0.25) is 9.10 Å². The first-order chi connectivity index (χ1) is 12.7. The fourth-order valence-corrected chi connectivity index (χ4v) is 4.10. The second-order valence-corrected chi connectivity index (χ2v) is 8.89. The van der Waals surface area contributed by atoms with Crippen LogP contribution in [0.1, 0.15) is 24.5 Å². The van der Waals surface area contributed by atoms with Gasteiger partial charge in [0, 0.05) is 11.6 Å². The summed E-state index contributed by atoms with van der Waals surface area (Å²) >= 11 is 5.86. The van der Waals surface area contributed by atoms with Crippen LogP contribution in [0.25, 0.3) is 0 Å². The molecule has 0 aliphatic carbocycles.